The van der Waals surface area contributed by atoms with Crippen molar-refractivity contribution < 1.29 is 27.8 Å². The minimum absolute atomic E-state index is 0.0410. The van der Waals surface area contributed by atoms with Crippen molar-refractivity contribution in [3.8, 4) is 17.6 Å². The molecule has 192 valence electrons. The maximum atomic E-state index is 13.3. The second-order valence-electron chi connectivity index (χ2n) is 7.80. The van der Waals surface area contributed by atoms with Gasteiger partial charge in [-0.1, -0.05) is 0 Å². The number of ether oxygens (including phenoxy) is 1. The van der Waals surface area contributed by atoms with Crippen LogP contribution in [0.3, 0.4) is 0 Å². The van der Waals surface area contributed by atoms with E-state index in [4.69, 9.17) is 4.74 Å². The maximum Gasteiger partial charge on any atom is 0.417 e. The molecule has 2 amide bonds. The Morgan fingerprint density at radius 3 is 2.73 bits per heavy atom. The first-order valence-corrected chi connectivity index (χ1v) is 10.6. The van der Waals surface area contributed by atoms with Crippen LogP contribution in [0, 0.1) is 11.3 Å². The molecule has 0 bridgehead atoms. The summed E-state index contributed by atoms with van der Waals surface area (Å²) < 4.78 is 47.0. The number of hydrogen-bond acceptors (Lipinski definition) is 9. The van der Waals surface area contributed by atoms with Crippen molar-refractivity contribution in [3.63, 3.8) is 0 Å². The molecule has 15 heteroatoms. The van der Waals surface area contributed by atoms with E-state index in [2.05, 4.69) is 30.9 Å². The summed E-state index contributed by atoms with van der Waals surface area (Å²) in [5.41, 5.74) is -0.714. The predicted molar refractivity (Wildman–Crippen MR) is 125 cm³/mol. The minimum atomic E-state index is -4.63. The molecule has 0 aliphatic carbocycles. The second-order valence-corrected chi connectivity index (χ2v) is 7.80. The molecule has 0 fully saturated rings. The van der Waals surface area contributed by atoms with E-state index in [1.165, 1.54) is 50.2 Å². The fourth-order valence-corrected chi connectivity index (χ4v) is 3.47. The number of urea groups is 1. The fraction of sp³-hybridized carbons (Fsp3) is 0.227. The predicted octanol–water partition coefficient (Wildman–Crippen LogP) is 2.78. The number of aromatic nitrogens is 4. The number of allylic oxidation sites excluding steroid dienone is 2. The number of amides is 2. The highest BCUT2D eigenvalue weighted by Gasteiger charge is 2.36. The van der Waals surface area contributed by atoms with Crippen molar-refractivity contribution in [1.82, 2.24) is 29.7 Å². The fourth-order valence-electron chi connectivity index (χ4n) is 3.47. The Hall–Kier alpha value is -4.84. The molecule has 0 spiro atoms. The van der Waals surface area contributed by atoms with Gasteiger partial charge in [0.05, 0.1) is 17.5 Å². The van der Waals surface area contributed by atoms with Gasteiger partial charge < -0.3 is 29.9 Å². The lowest BCUT2D eigenvalue weighted by Gasteiger charge is -2.30. The topological polar surface area (TPSA) is 153 Å². The van der Waals surface area contributed by atoms with Gasteiger partial charge in [-0.05, 0) is 12.1 Å². The molecule has 4 rings (SSSR count). The molecule has 12 nitrogen and oxygen atoms in total. The third-order valence-electron chi connectivity index (χ3n) is 5.30. The summed E-state index contributed by atoms with van der Waals surface area (Å²) in [6, 6.07) is 4.50. The van der Waals surface area contributed by atoms with Crippen LogP contribution >= 0.6 is 0 Å². The Morgan fingerprint density at radius 1 is 1.30 bits per heavy atom. The first-order chi connectivity index (χ1) is 17.5. The summed E-state index contributed by atoms with van der Waals surface area (Å²) in [4.78, 5) is 25.0. The Balaban J connectivity index is 1.68. The number of rotatable bonds is 5. The van der Waals surface area contributed by atoms with Crippen LogP contribution in [0.5, 0.6) is 11.5 Å². The quantitative estimate of drug-likeness (QED) is 0.402. The molecule has 4 heterocycles. The van der Waals surface area contributed by atoms with Crippen molar-refractivity contribution in [1.29, 1.82) is 5.26 Å². The van der Waals surface area contributed by atoms with Crippen LogP contribution in [-0.2, 0) is 7.05 Å². The summed E-state index contributed by atoms with van der Waals surface area (Å²) in [5, 5.41) is 27.8. The van der Waals surface area contributed by atoms with Crippen molar-refractivity contribution in [2.45, 2.75) is 12.4 Å². The van der Waals surface area contributed by atoms with Gasteiger partial charge in [0.15, 0.2) is 17.6 Å². The molecule has 1 aliphatic heterocycles. The number of aliphatic hydroxyl groups excluding tert-OH is 1. The smallest absolute Gasteiger partial charge is 0.417 e. The number of nitrogens with zero attached hydrogens (tertiary/aromatic N) is 6. The van der Waals surface area contributed by atoms with Gasteiger partial charge in [-0.3, -0.25) is 5.32 Å². The van der Waals surface area contributed by atoms with Crippen molar-refractivity contribution in [3.05, 3.63) is 53.6 Å². The summed E-state index contributed by atoms with van der Waals surface area (Å²) in [6.45, 7) is 0. The number of hydrogen-bond donors (Lipinski definition) is 4. The number of halogens is 3. The lowest BCUT2D eigenvalue weighted by atomic mass is 10.1. The summed E-state index contributed by atoms with van der Waals surface area (Å²) in [6.07, 6.45) is -1.77. The lowest BCUT2D eigenvalue weighted by Crippen LogP contribution is -2.36. The molecular formula is C22H20F3N9O3. The number of imidazole rings is 1. The SMILES string of the molecule is CNC(=O)Nc1cc(Oc2cnc3nc(NC4=CC(C(F)(F)F)=CN(C)C4O)n(C)c3c2C#N)ccn1. The molecule has 4 N–H and O–H groups in total. The number of nitriles is 1. The third kappa shape index (κ3) is 5.09. The molecular weight excluding hydrogens is 495 g/mol. The van der Waals surface area contributed by atoms with Crippen LogP contribution in [-0.4, -0.2) is 62.1 Å². The van der Waals surface area contributed by atoms with Gasteiger partial charge in [0.1, 0.15) is 28.7 Å². The van der Waals surface area contributed by atoms with Crippen molar-refractivity contribution >= 4 is 29.0 Å². The van der Waals surface area contributed by atoms with Crippen LogP contribution in [0.4, 0.5) is 29.7 Å². The van der Waals surface area contributed by atoms with Crippen LogP contribution in [0.25, 0.3) is 11.2 Å². The molecule has 0 aromatic carbocycles. The minimum Gasteiger partial charge on any atom is -0.454 e. The zero-order valence-electron chi connectivity index (χ0n) is 19.6. The molecule has 1 aliphatic rings. The number of carbonyl (C=O) groups excluding carboxylic acids is 1. The number of aryl methyl sites for hydroxylation is 1. The molecule has 3 aromatic rings. The summed E-state index contributed by atoms with van der Waals surface area (Å²) in [7, 11) is 4.28. The van der Waals surface area contributed by atoms with Gasteiger partial charge in [-0.2, -0.15) is 23.4 Å². The number of carbonyl (C=O) groups is 1. The van der Waals surface area contributed by atoms with E-state index in [1.807, 2.05) is 6.07 Å². The number of nitrogens with one attached hydrogen (secondary N) is 3. The van der Waals surface area contributed by atoms with Gasteiger partial charge in [-0.25, -0.2) is 14.8 Å². The maximum absolute atomic E-state index is 13.3. The van der Waals surface area contributed by atoms with E-state index in [0.29, 0.717) is 0 Å². The lowest BCUT2D eigenvalue weighted by molar-refractivity contribution is -0.0909. The normalized spacial score (nSPS) is 15.5. The molecule has 0 saturated carbocycles. The average molecular weight is 515 g/mol. The molecule has 0 saturated heterocycles. The highest BCUT2D eigenvalue weighted by Crippen LogP contribution is 2.34. The zero-order chi connectivity index (χ0) is 26.9. The monoisotopic (exact) mass is 515 g/mol. The number of alkyl halides is 3. The standard InChI is InChI=1S/C22H20F3N9O3/c1-27-21(36)31-16-7-12(4-5-28-16)37-15-9-29-18-17(13(15)8-26)34(3)20(32-18)30-14-6-11(22(23,24)25)10-33(2)19(14)35/h4-7,9-10,19,35H,1-3H3,(H,29,30,32)(H2,27,28,31,36). The Bertz CT molecular complexity index is 1470. The highest BCUT2D eigenvalue weighted by atomic mass is 19.4. The Labute approximate surface area is 207 Å². The van der Waals surface area contributed by atoms with E-state index in [9.17, 15) is 28.3 Å². The first-order valence-electron chi connectivity index (χ1n) is 10.6. The Kier molecular flexibility index (Phi) is 6.60. The molecule has 0 radical (unpaired) electrons. The van der Waals surface area contributed by atoms with Gasteiger partial charge in [0.25, 0.3) is 0 Å². The van der Waals surface area contributed by atoms with Gasteiger partial charge in [0, 0.05) is 39.6 Å². The van der Waals surface area contributed by atoms with E-state index in [0.717, 1.165) is 17.2 Å². The number of pyridine rings is 2. The largest absolute Gasteiger partial charge is 0.454 e. The number of anilines is 2. The van der Waals surface area contributed by atoms with Crippen LogP contribution in [0.2, 0.25) is 0 Å². The van der Waals surface area contributed by atoms with Crippen LogP contribution in [0.1, 0.15) is 5.56 Å². The van der Waals surface area contributed by atoms with Crippen LogP contribution < -0.4 is 20.7 Å². The van der Waals surface area contributed by atoms with Crippen molar-refractivity contribution in [2.75, 3.05) is 24.7 Å². The number of likely N-dealkylation sites (N-methyl/N-ethyl adjacent to an activating group) is 1. The van der Waals surface area contributed by atoms with Crippen LogP contribution in [0.15, 0.2) is 48.1 Å². The number of aliphatic hydroxyl groups is 1. The second kappa shape index (κ2) is 9.66. The summed E-state index contributed by atoms with van der Waals surface area (Å²) in [5.74, 6) is 0.567. The average Bonchev–Trinajstić information content (AvgIpc) is 3.16. The molecule has 1 unspecified atom stereocenters. The van der Waals surface area contributed by atoms with Crippen molar-refractivity contribution in [2.24, 2.45) is 7.05 Å². The van der Waals surface area contributed by atoms with E-state index >= 15 is 0 Å². The van der Waals surface area contributed by atoms with E-state index in [-0.39, 0.29) is 45.7 Å². The third-order valence-corrected chi connectivity index (χ3v) is 5.30. The molecule has 3 aromatic heterocycles. The van der Waals surface area contributed by atoms with E-state index < -0.39 is 24.0 Å². The Morgan fingerprint density at radius 2 is 2.05 bits per heavy atom. The van der Waals surface area contributed by atoms with Gasteiger partial charge in [0.2, 0.25) is 5.95 Å². The van der Waals surface area contributed by atoms with E-state index in [1.54, 1.807) is 0 Å². The first kappa shape index (κ1) is 25.3. The molecule has 1 atom stereocenters. The number of fused-ring (bicyclic) bond motifs is 1. The molecule has 37 heavy (non-hydrogen) atoms. The van der Waals surface area contributed by atoms with Gasteiger partial charge in [-0.15, -0.1) is 0 Å². The zero-order valence-corrected chi connectivity index (χ0v) is 19.6. The highest BCUT2D eigenvalue weighted by molar-refractivity contribution is 5.88. The summed E-state index contributed by atoms with van der Waals surface area (Å²) >= 11 is 0. The van der Waals surface area contributed by atoms with Gasteiger partial charge >= 0.3 is 12.2 Å².